The predicted octanol–water partition coefficient (Wildman–Crippen LogP) is 3.87. The van der Waals surface area contributed by atoms with Gasteiger partial charge in [0, 0.05) is 54.7 Å². The third-order valence-corrected chi connectivity index (χ3v) is 6.79. The second-order valence-corrected chi connectivity index (χ2v) is 9.01. The number of rotatable bonds is 5. The predicted molar refractivity (Wildman–Crippen MR) is 114 cm³/mol. The van der Waals surface area contributed by atoms with Gasteiger partial charge in [0.25, 0.3) is 0 Å². The van der Waals surface area contributed by atoms with E-state index in [1.807, 2.05) is 18.2 Å². The number of methoxy groups -OCH3 is 1. The molecule has 0 bridgehead atoms. The molecule has 7 nitrogen and oxygen atoms in total. The number of carbonyl (C=O) groups is 1. The Balaban J connectivity index is 1.42. The molecule has 0 spiro atoms. The summed E-state index contributed by atoms with van der Waals surface area (Å²) in [5, 5.41) is 3.28. The molecule has 1 amide bonds. The molecular weight excluding hydrogens is 434 g/mol. The Hall–Kier alpha value is -3.07. The molecule has 0 radical (unpaired) electrons. The molecule has 1 saturated heterocycles. The summed E-state index contributed by atoms with van der Waals surface area (Å²) in [5.41, 5.74) is 1.38. The summed E-state index contributed by atoms with van der Waals surface area (Å²) in [6.45, 7) is 1.71. The molecule has 3 aliphatic heterocycles. The summed E-state index contributed by atoms with van der Waals surface area (Å²) < 4.78 is 48.2. The first-order chi connectivity index (χ1) is 15.9. The normalized spacial score (nSPS) is 24.9. The molecule has 2 aromatic rings. The van der Waals surface area contributed by atoms with Crippen molar-refractivity contribution in [2.75, 3.05) is 25.1 Å². The quantitative estimate of drug-likeness (QED) is 0.734. The summed E-state index contributed by atoms with van der Waals surface area (Å²) in [6.07, 6.45) is -1.53. The Morgan fingerprint density at radius 2 is 1.88 bits per heavy atom. The van der Waals surface area contributed by atoms with Crippen LogP contribution in [-0.2, 0) is 4.79 Å². The van der Waals surface area contributed by atoms with Gasteiger partial charge in [0.05, 0.1) is 13.2 Å². The van der Waals surface area contributed by atoms with Gasteiger partial charge in [0.1, 0.15) is 17.6 Å². The smallest absolute Gasteiger partial charge is 0.497 e. The van der Waals surface area contributed by atoms with Gasteiger partial charge in [0.2, 0.25) is 5.91 Å². The summed E-state index contributed by atoms with van der Waals surface area (Å²) in [5.74, 6) is 1.49. The standard InChI is InChI=1S/C24H24F2N2O5/c1-30-16-5-6-17-18(10-20(14-11-27-12-14)31-21(17)9-16)28(23(29)13-2-3-13)15-4-7-19-22(8-15)33-24(25,26)32-19/h4-9,13-14,18,20,27H,2-3,10-12H2,1H3. The van der Waals surface area contributed by atoms with Crippen LogP contribution < -0.4 is 29.2 Å². The molecule has 0 aromatic heterocycles. The van der Waals surface area contributed by atoms with Crippen LogP contribution in [0.15, 0.2) is 36.4 Å². The summed E-state index contributed by atoms with van der Waals surface area (Å²) in [4.78, 5) is 15.3. The second-order valence-electron chi connectivity index (χ2n) is 9.01. The minimum absolute atomic E-state index is 0.0141. The van der Waals surface area contributed by atoms with Crippen LogP contribution in [0.4, 0.5) is 14.5 Å². The highest BCUT2D eigenvalue weighted by Crippen LogP contribution is 2.49. The molecule has 3 heterocycles. The van der Waals surface area contributed by atoms with E-state index in [2.05, 4.69) is 14.8 Å². The van der Waals surface area contributed by atoms with Gasteiger partial charge in [-0.25, -0.2) is 0 Å². The van der Waals surface area contributed by atoms with Crippen molar-refractivity contribution in [3.05, 3.63) is 42.0 Å². The van der Waals surface area contributed by atoms with Gasteiger partial charge in [0.15, 0.2) is 11.5 Å². The highest BCUT2D eigenvalue weighted by molar-refractivity contribution is 5.97. The third-order valence-electron chi connectivity index (χ3n) is 6.79. The fourth-order valence-corrected chi connectivity index (χ4v) is 4.76. The van der Waals surface area contributed by atoms with Crippen molar-refractivity contribution in [2.24, 2.45) is 11.8 Å². The molecule has 1 N–H and O–H groups in total. The maximum absolute atomic E-state index is 13.6. The van der Waals surface area contributed by atoms with Crippen LogP contribution in [0.5, 0.6) is 23.0 Å². The lowest BCUT2D eigenvalue weighted by atomic mass is 9.85. The lowest BCUT2D eigenvalue weighted by Crippen LogP contribution is -2.53. The van der Waals surface area contributed by atoms with Crippen molar-refractivity contribution in [1.82, 2.24) is 5.32 Å². The van der Waals surface area contributed by atoms with Gasteiger partial charge in [-0.1, -0.05) is 0 Å². The molecule has 2 atom stereocenters. The molecule has 1 aliphatic carbocycles. The van der Waals surface area contributed by atoms with Crippen molar-refractivity contribution < 1.29 is 32.5 Å². The molecule has 6 rings (SSSR count). The number of amides is 1. The minimum atomic E-state index is -3.71. The number of carbonyl (C=O) groups excluding carboxylic acids is 1. The molecule has 1 saturated carbocycles. The maximum Gasteiger partial charge on any atom is 0.586 e. The van der Waals surface area contributed by atoms with E-state index in [-0.39, 0.29) is 35.5 Å². The molecule has 2 aromatic carbocycles. The van der Waals surface area contributed by atoms with Gasteiger partial charge in [-0.3, -0.25) is 4.79 Å². The maximum atomic E-state index is 13.6. The Bertz CT molecular complexity index is 1100. The van der Waals surface area contributed by atoms with E-state index in [0.717, 1.165) is 31.5 Å². The van der Waals surface area contributed by atoms with E-state index >= 15 is 0 Å². The number of anilines is 1. The fraction of sp³-hybridized carbons (Fsp3) is 0.458. The molecular formula is C24H24F2N2O5. The SMILES string of the molecule is COc1ccc2c(c1)OC(C1CNC1)CC2N(C(=O)C1CC1)c1ccc2c(c1)OC(F)(F)O2. The topological polar surface area (TPSA) is 69.3 Å². The highest BCUT2D eigenvalue weighted by atomic mass is 19.3. The second kappa shape index (κ2) is 7.48. The molecule has 174 valence electrons. The molecule has 9 heteroatoms. The molecule has 33 heavy (non-hydrogen) atoms. The Morgan fingerprint density at radius 3 is 2.58 bits per heavy atom. The number of ether oxygens (including phenoxy) is 4. The Kier molecular flexibility index (Phi) is 4.65. The number of fused-ring (bicyclic) bond motifs is 2. The lowest BCUT2D eigenvalue weighted by Gasteiger charge is -2.43. The van der Waals surface area contributed by atoms with Crippen LogP contribution in [0.25, 0.3) is 0 Å². The fourth-order valence-electron chi connectivity index (χ4n) is 4.76. The number of benzene rings is 2. The van der Waals surface area contributed by atoms with Gasteiger partial charge in [-0.2, -0.15) is 0 Å². The molecule has 2 fully saturated rings. The zero-order valence-corrected chi connectivity index (χ0v) is 18.1. The third kappa shape index (κ3) is 3.64. The van der Waals surface area contributed by atoms with Gasteiger partial charge < -0.3 is 29.2 Å². The van der Waals surface area contributed by atoms with E-state index in [0.29, 0.717) is 29.5 Å². The Morgan fingerprint density at radius 1 is 1.09 bits per heavy atom. The van der Waals surface area contributed by atoms with E-state index in [1.165, 1.54) is 12.1 Å². The van der Waals surface area contributed by atoms with E-state index < -0.39 is 6.29 Å². The minimum Gasteiger partial charge on any atom is -0.497 e. The first-order valence-corrected chi connectivity index (χ1v) is 11.2. The molecule has 4 aliphatic rings. The number of alkyl halides is 2. The van der Waals surface area contributed by atoms with Crippen molar-refractivity contribution in [1.29, 1.82) is 0 Å². The van der Waals surface area contributed by atoms with Crippen molar-refractivity contribution in [3.63, 3.8) is 0 Å². The van der Waals surface area contributed by atoms with Crippen LogP contribution in [0.1, 0.15) is 30.9 Å². The van der Waals surface area contributed by atoms with Crippen LogP contribution in [0.2, 0.25) is 0 Å². The van der Waals surface area contributed by atoms with E-state index in [9.17, 15) is 13.6 Å². The summed E-state index contributed by atoms with van der Waals surface area (Å²) >= 11 is 0. The van der Waals surface area contributed by atoms with Crippen LogP contribution in [-0.4, -0.2) is 38.5 Å². The van der Waals surface area contributed by atoms with Gasteiger partial charge in [-0.05, 0) is 37.1 Å². The summed E-state index contributed by atoms with van der Waals surface area (Å²) in [7, 11) is 1.60. The van der Waals surface area contributed by atoms with E-state index in [4.69, 9.17) is 9.47 Å². The molecule has 2 unspecified atom stereocenters. The number of halogens is 2. The monoisotopic (exact) mass is 458 g/mol. The van der Waals surface area contributed by atoms with Crippen molar-refractivity contribution in [3.8, 4) is 23.0 Å². The zero-order valence-electron chi connectivity index (χ0n) is 18.1. The summed E-state index contributed by atoms with van der Waals surface area (Å²) in [6, 6.07) is 9.85. The van der Waals surface area contributed by atoms with Crippen molar-refractivity contribution >= 4 is 11.6 Å². The van der Waals surface area contributed by atoms with E-state index in [1.54, 1.807) is 18.1 Å². The van der Waals surface area contributed by atoms with Gasteiger partial charge in [-0.15, -0.1) is 8.78 Å². The average Bonchev–Trinajstić information content (AvgIpc) is 3.54. The highest BCUT2D eigenvalue weighted by Gasteiger charge is 2.46. The van der Waals surface area contributed by atoms with Crippen LogP contribution >= 0.6 is 0 Å². The number of hydrogen-bond acceptors (Lipinski definition) is 6. The van der Waals surface area contributed by atoms with Crippen molar-refractivity contribution in [2.45, 2.75) is 37.7 Å². The number of nitrogens with one attached hydrogen (secondary N) is 1. The lowest BCUT2D eigenvalue weighted by molar-refractivity contribution is -0.286. The van der Waals surface area contributed by atoms with Crippen LogP contribution in [0, 0.1) is 11.8 Å². The van der Waals surface area contributed by atoms with Crippen LogP contribution in [0.3, 0.4) is 0 Å². The zero-order chi connectivity index (χ0) is 22.7. The Labute approximate surface area is 189 Å². The first-order valence-electron chi connectivity index (χ1n) is 11.2. The number of nitrogens with zero attached hydrogens (tertiary/aromatic N) is 1. The first kappa shape index (κ1) is 20.5. The number of hydrogen-bond donors (Lipinski definition) is 1. The average molecular weight is 458 g/mol. The van der Waals surface area contributed by atoms with Gasteiger partial charge >= 0.3 is 6.29 Å². The largest absolute Gasteiger partial charge is 0.586 e.